The molecule has 0 saturated carbocycles. The van der Waals surface area contributed by atoms with Crippen LogP contribution in [0, 0.1) is 0 Å². The molecule has 1 N–H and O–H groups in total. The van der Waals surface area contributed by atoms with Gasteiger partial charge in [0, 0.05) is 6.42 Å². The molecule has 1 heterocycles. The minimum absolute atomic E-state index is 0.00601. The van der Waals surface area contributed by atoms with Gasteiger partial charge in [0.2, 0.25) is 5.91 Å². The molecule has 0 aliphatic heterocycles. The number of rotatable bonds is 5. The molecule has 27 heavy (non-hydrogen) atoms. The van der Waals surface area contributed by atoms with Gasteiger partial charge in [0.25, 0.3) is 0 Å². The Bertz CT molecular complexity index is 1110. The first-order valence-corrected chi connectivity index (χ1v) is 9.38. The number of hydrogen-bond donors (Lipinski definition) is 1. The van der Waals surface area contributed by atoms with Gasteiger partial charge in [-0.15, -0.1) is 0 Å². The average Bonchev–Trinajstić information content (AvgIpc) is 3.05. The number of imidazole rings is 1. The lowest BCUT2D eigenvalue weighted by Gasteiger charge is -2.16. The van der Waals surface area contributed by atoms with Crippen LogP contribution in [0.2, 0.25) is 0 Å². The highest BCUT2D eigenvalue weighted by atomic mass is 16.2. The van der Waals surface area contributed by atoms with E-state index in [1.54, 1.807) is 0 Å². The molecule has 4 rings (SSSR count). The molecule has 1 aromatic heterocycles. The number of hydrogen-bond acceptors (Lipinski definition) is 2. The highest BCUT2D eigenvalue weighted by Gasteiger charge is 2.15. The monoisotopic (exact) mass is 357 g/mol. The molecule has 0 saturated heterocycles. The molecule has 1 unspecified atom stereocenters. The largest absolute Gasteiger partial charge is 0.348 e. The van der Waals surface area contributed by atoms with Gasteiger partial charge < -0.3 is 9.88 Å². The van der Waals surface area contributed by atoms with Crippen molar-refractivity contribution in [2.45, 2.75) is 32.9 Å². The minimum atomic E-state index is -0.0537. The number of para-hydroxylation sites is 2. The van der Waals surface area contributed by atoms with E-state index in [2.05, 4.69) is 47.6 Å². The Morgan fingerprint density at radius 1 is 1.04 bits per heavy atom. The van der Waals surface area contributed by atoms with E-state index in [1.807, 2.05) is 47.9 Å². The Morgan fingerprint density at radius 2 is 1.78 bits per heavy atom. The first-order chi connectivity index (χ1) is 13.2. The molecule has 4 nitrogen and oxygen atoms in total. The fraction of sp³-hybridized carbons (Fsp3) is 0.217. The maximum absolute atomic E-state index is 12.7. The Hall–Kier alpha value is -3.14. The van der Waals surface area contributed by atoms with Crippen molar-refractivity contribution in [3.63, 3.8) is 0 Å². The molecule has 0 radical (unpaired) electrons. The molecule has 0 aliphatic carbocycles. The van der Waals surface area contributed by atoms with E-state index in [0.717, 1.165) is 28.8 Å². The number of aromatic nitrogens is 2. The molecular formula is C23H23N3O. The van der Waals surface area contributed by atoms with Crippen LogP contribution in [0.1, 0.15) is 31.3 Å². The third-order valence-corrected chi connectivity index (χ3v) is 5.00. The number of nitrogens with one attached hydrogen (secondary N) is 1. The summed E-state index contributed by atoms with van der Waals surface area (Å²) in [6.45, 7) is 4.36. The first-order valence-electron chi connectivity index (χ1n) is 9.38. The molecule has 136 valence electrons. The van der Waals surface area contributed by atoms with Crippen molar-refractivity contribution in [2.24, 2.45) is 0 Å². The summed E-state index contributed by atoms with van der Waals surface area (Å²) < 4.78 is 2.01. The zero-order valence-corrected chi connectivity index (χ0v) is 15.6. The average molecular weight is 357 g/mol. The summed E-state index contributed by atoms with van der Waals surface area (Å²) in [6.07, 6.45) is 0.794. The molecule has 1 atom stereocenters. The second-order valence-corrected chi connectivity index (χ2v) is 6.85. The number of benzene rings is 3. The number of nitrogens with zero attached hydrogens (tertiary/aromatic N) is 2. The third-order valence-electron chi connectivity index (χ3n) is 5.00. The third kappa shape index (κ3) is 3.43. The zero-order chi connectivity index (χ0) is 18.8. The molecule has 0 fully saturated rings. The minimum Gasteiger partial charge on any atom is -0.348 e. The van der Waals surface area contributed by atoms with E-state index in [9.17, 15) is 4.79 Å². The van der Waals surface area contributed by atoms with Gasteiger partial charge >= 0.3 is 0 Å². The SMILES string of the molecule is CCc1nc2ccccc2n1CC(=O)NC(C)c1ccc2ccccc2c1. The molecular weight excluding hydrogens is 334 g/mol. The van der Waals surface area contributed by atoms with E-state index in [4.69, 9.17) is 0 Å². The van der Waals surface area contributed by atoms with Gasteiger partial charge in [-0.1, -0.05) is 55.5 Å². The van der Waals surface area contributed by atoms with Crippen molar-refractivity contribution in [2.75, 3.05) is 0 Å². The van der Waals surface area contributed by atoms with Crippen LogP contribution in [0.4, 0.5) is 0 Å². The lowest BCUT2D eigenvalue weighted by atomic mass is 10.0. The zero-order valence-electron chi connectivity index (χ0n) is 15.6. The predicted molar refractivity (Wildman–Crippen MR) is 110 cm³/mol. The fourth-order valence-corrected chi connectivity index (χ4v) is 3.56. The number of fused-ring (bicyclic) bond motifs is 2. The highest BCUT2D eigenvalue weighted by Crippen LogP contribution is 2.21. The Morgan fingerprint density at radius 3 is 2.59 bits per heavy atom. The molecule has 0 spiro atoms. The van der Waals surface area contributed by atoms with Crippen molar-refractivity contribution in [1.82, 2.24) is 14.9 Å². The predicted octanol–water partition coefficient (Wildman–Crippen LogP) is 4.63. The summed E-state index contributed by atoms with van der Waals surface area (Å²) in [5.41, 5.74) is 3.04. The quantitative estimate of drug-likeness (QED) is 0.566. The fourth-order valence-electron chi connectivity index (χ4n) is 3.56. The van der Waals surface area contributed by atoms with Crippen molar-refractivity contribution in [3.8, 4) is 0 Å². The summed E-state index contributed by atoms with van der Waals surface area (Å²) in [4.78, 5) is 17.3. The van der Waals surface area contributed by atoms with Gasteiger partial charge in [0.1, 0.15) is 12.4 Å². The summed E-state index contributed by atoms with van der Waals surface area (Å²) in [7, 11) is 0. The second-order valence-electron chi connectivity index (χ2n) is 6.85. The van der Waals surface area contributed by atoms with Gasteiger partial charge in [-0.25, -0.2) is 4.98 Å². The Labute approximate surface area is 158 Å². The van der Waals surface area contributed by atoms with Crippen LogP contribution in [0.3, 0.4) is 0 Å². The van der Waals surface area contributed by atoms with Crippen molar-refractivity contribution in [3.05, 3.63) is 78.1 Å². The normalized spacial score (nSPS) is 12.4. The van der Waals surface area contributed by atoms with Gasteiger partial charge in [-0.05, 0) is 41.5 Å². The molecule has 3 aromatic carbocycles. The number of carbonyl (C=O) groups is 1. The smallest absolute Gasteiger partial charge is 0.240 e. The second kappa shape index (κ2) is 7.23. The standard InChI is InChI=1S/C23H23N3O/c1-3-22-25-20-10-6-7-11-21(20)26(22)15-23(27)24-16(2)18-13-12-17-8-4-5-9-19(17)14-18/h4-14,16H,3,15H2,1-2H3,(H,24,27). The van der Waals surface area contributed by atoms with Crippen LogP contribution < -0.4 is 5.32 Å². The summed E-state index contributed by atoms with van der Waals surface area (Å²) in [5, 5.41) is 5.52. The molecule has 4 heteroatoms. The highest BCUT2D eigenvalue weighted by molar-refractivity contribution is 5.84. The summed E-state index contributed by atoms with van der Waals surface area (Å²) in [6, 6.07) is 22.5. The number of amides is 1. The number of aryl methyl sites for hydroxylation is 1. The van der Waals surface area contributed by atoms with E-state index >= 15 is 0 Å². The van der Waals surface area contributed by atoms with Crippen LogP contribution in [0.25, 0.3) is 21.8 Å². The van der Waals surface area contributed by atoms with Gasteiger partial charge in [0.05, 0.1) is 17.1 Å². The molecule has 1 amide bonds. The molecule has 0 aliphatic rings. The van der Waals surface area contributed by atoms with Crippen molar-refractivity contribution < 1.29 is 4.79 Å². The van der Waals surface area contributed by atoms with Crippen LogP contribution in [-0.4, -0.2) is 15.5 Å². The van der Waals surface area contributed by atoms with Gasteiger partial charge in [0.15, 0.2) is 0 Å². The van der Waals surface area contributed by atoms with E-state index < -0.39 is 0 Å². The Balaban J connectivity index is 1.53. The summed E-state index contributed by atoms with van der Waals surface area (Å²) in [5.74, 6) is 0.929. The van der Waals surface area contributed by atoms with Gasteiger partial charge in [-0.2, -0.15) is 0 Å². The van der Waals surface area contributed by atoms with Crippen LogP contribution in [0.5, 0.6) is 0 Å². The summed E-state index contributed by atoms with van der Waals surface area (Å²) >= 11 is 0. The maximum Gasteiger partial charge on any atom is 0.240 e. The topological polar surface area (TPSA) is 46.9 Å². The molecule has 4 aromatic rings. The van der Waals surface area contributed by atoms with Crippen molar-refractivity contribution >= 4 is 27.7 Å². The maximum atomic E-state index is 12.7. The van der Waals surface area contributed by atoms with E-state index in [0.29, 0.717) is 0 Å². The van der Waals surface area contributed by atoms with Crippen LogP contribution in [-0.2, 0) is 17.8 Å². The molecule has 0 bridgehead atoms. The van der Waals surface area contributed by atoms with E-state index in [1.165, 1.54) is 10.8 Å². The van der Waals surface area contributed by atoms with Crippen molar-refractivity contribution in [1.29, 1.82) is 0 Å². The lowest BCUT2D eigenvalue weighted by Crippen LogP contribution is -2.30. The van der Waals surface area contributed by atoms with E-state index in [-0.39, 0.29) is 18.5 Å². The van der Waals surface area contributed by atoms with Crippen LogP contribution >= 0.6 is 0 Å². The van der Waals surface area contributed by atoms with Crippen LogP contribution in [0.15, 0.2) is 66.7 Å². The van der Waals surface area contributed by atoms with Gasteiger partial charge in [-0.3, -0.25) is 4.79 Å². The first kappa shape index (κ1) is 17.3. The number of carbonyl (C=O) groups excluding carboxylic acids is 1. The Kier molecular flexibility index (Phi) is 4.63. The lowest BCUT2D eigenvalue weighted by molar-refractivity contribution is -0.122.